The molecule has 5 rings (SSSR count). The number of nitrogens with zero attached hydrogens (tertiary/aromatic N) is 2. The van der Waals surface area contributed by atoms with Gasteiger partial charge in [0.25, 0.3) is 11.8 Å². The molecule has 0 unspecified atom stereocenters. The van der Waals surface area contributed by atoms with E-state index < -0.39 is 23.4 Å². The van der Waals surface area contributed by atoms with E-state index in [9.17, 15) is 18.8 Å². The lowest BCUT2D eigenvalue weighted by Gasteiger charge is -2.29. The third kappa shape index (κ3) is 2.60. The van der Waals surface area contributed by atoms with Gasteiger partial charge in [-0.15, -0.1) is 0 Å². The number of fused-ring (bicyclic) bond motifs is 2. The zero-order valence-corrected chi connectivity index (χ0v) is 15.7. The fraction of sp³-hybridized carbons (Fsp3) is 0.200. The molecule has 2 aliphatic rings. The van der Waals surface area contributed by atoms with Gasteiger partial charge in [-0.3, -0.25) is 14.9 Å². The highest BCUT2D eigenvalue weighted by atomic mass is 19.1. The number of rotatable bonds is 4. The molecule has 2 N–H and O–H groups in total. The number of methoxy groups -OCH3 is 1. The van der Waals surface area contributed by atoms with Gasteiger partial charge in [0.15, 0.2) is 11.1 Å². The zero-order valence-electron chi connectivity index (χ0n) is 15.7. The Morgan fingerprint density at radius 1 is 1.27 bits per heavy atom. The highest BCUT2D eigenvalue weighted by Gasteiger charge is 2.53. The largest absolute Gasteiger partial charge is 0.497 e. The predicted octanol–water partition coefficient (Wildman–Crippen LogP) is 1.67. The summed E-state index contributed by atoms with van der Waals surface area (Å²) >= 11 is 0. The molecular formula is C20H15FN4O5. The van der Waals surface area contributed by atoms with E-state index in [1.807, 2.05) is 0 Å². The number of carbonyl (C=O) groups is 3. The van der Waals surface area contributed by atoms with Crippen LogP contribution in [0.25, 0.3) is 11.0 Å². The normalized spacial score (nSPS) is 20.5. The van der Waals surface area contributed by atoms with Crippen LogP contribution in [0.15, 0.2) is 40.9 Å². The quantitative estimate of drug-likeness (QED) is 0.500. The van der Waals surface area contributed by atoms with Gasteiger partial charge < -0.3 is 19.4 Å². The molecule has 4 amide bonds. The number of pyridine rings is 1. The molecular weight excluding hydrogens is 395 g/mol. The van der Waals surface area contributed by atoms with Crippen LogP contribution in [0.2, 0.25) is 0 Å². The van der Waals surface area contributed by atoms with Gasteiger partial charge >= 0.3 is 6.03 Å². The lowest BCUT2D eigenvalue weighted by atomic mass is 9.95. The molecule has 0 radical (unpaired) electrons. The maximum atomic E-state index is 13.5. The molecule has 9 nitrogen and oxygen atoms in total. The molecule has 4 heterocycles. The summed E-state index contributed by atoms with van der Waals surface area (Å²) in [6.07, 6.45) is 1.19. The van der Waals surface area contributed by atoms with Crippen LogP contribution in [0.4, 0.5) is 9.18 Å². The fourth-order valence-corrected chi connectivity index (χ4v) is 3.86. The van der Waals surface area contributed by atoms with Gasteiger partial charge in [0.05, 0.1) is 19.9 Å². The molecule has 0 saturated carbocycles. The summed E-state index contributed by atoms with van der Waals surface area (Å²) in [6.45, 7) is 0.0790. The van der Waals surface area contributed by atoms with Gasteiger partial charge in [0, 0.05) is 23.6 Å². The van der Waals surface area contributed by atoms with Crippen molar-refractivity contribution in [3.05, 3.63) is 59.4 Å². The van der Waals surface area contributed by atoms with Crippen LogP contribution in [0.5, 0.6) is 5.75 Å². The Morgan fingerprint density at radius 3 is 2.83 bits per heavy atom. The van der Waals surface area contributed by atoms with Crippen molar-refractivity contribution in [1.82, 2.24) is 20.5 Å². The van der Waals surface area contributed by atoms with Crippen LogP contribution in [0.3, 0.4) is 0 Å². The van der Waals surface area contributed by atoms with Gasteiger partial charge in [0.1, 0.15) is 11.5 Å². The van der Waals surface area contributed by atoms with Crippen LogP contribution < -0.4 is 15.4 Å². The van der Waals surface area contributed by atoms with E-state index in [2.05, 4.69) is 15.6 Å². The maximum Gasteiger partial charge on any atom is 0.322 e. The Hall–Kier alpha value is -3.95. The Bertz CT molecular complexity index is 1240. The van der Waals surface area contributed by atoms with Crippen molar-refractivity contribution in [3.8, 4) is 5.75 Å². The molecule has 2 aliphatic heterocycles. The van der Waals surface area contributed by atoms with Crippen LogP contribution in [0.1, 0.15) is 21.7 Å². The minimum Gasteiger partial charge on any atom is -0.497 e. The van der Waals surface area contributed by atoms with Gasteiger partial charge in [-0.25, -0.2) is 9.78 Å². The second-order valence-electron chi connectivity index (χ2n) is 7.15. The summed E-state index contributed by atoms with van der Waals surface area (Å²) in [5, 5.41) is 5.15. The van der Waals surface area contributed by atoms with Crippen LogP contribution in [0, 0.1) is 5.95 Å². The van der Waals surface area contributed by atoms with E-state index >= 15 is 0 Å². The third-order valence-electron chi connectivity index (χ3n) is 5.36. The first-order valence-corrected chi connectivity index (χ1v) is 9.05. The van der Waals surface area contributed by atoms with Crippen molar-refractivity contribution < 1.29 is 27.9 Å². The first-order valence-electron chi connectivity index (χ1n) is 9.05. The topological polar surface area (TPSA) is 114 Å². The third-order valence-corrected chi connectivity index (χ3v) is 5.36. The van der Waals surface area contributed by atoms with Crippen molar-refractivity contribution >= 4 is 28.8 Å². The monoisotopic (exact) mass is 410 g/mol. The number of hydrogen-bond acceptors (Lipinski definition) is 6. The van der Waals surface area contributed by atoms with Crippen molar-refractivity contribution in [2.45, 2.75) is 12.1 Å². The molecule has 10 heteroatoms. The first-order chi connectivity index (χ1) is 14.4. The lowest BCUT2D eigenvalue weighted by molar-refractivity contribution is -0.125. The van der Waals surface area contributed by atoms with Crippen LogP contribution in [-0.4, -0.2) is 41.4 Å². The van der Waals surface area contributed by atoms with Gasteiger partial charge in [-0.05, 0) is 23.8 Å². The Morgan fingerprint density at radius 2 is 2.10 bits per heavy atom. The molecule has 0 bridgehead atoms. The number of furan rings is 1. The van der Waals surface area contributed by atoms with E-state index in [-0.39, 0.29) is 30.3 Å². The predicted molar refractivity (Wildman–Crippen MR) is 100 cm³/mol. The van der Waals surface area contributed by atoms with E-state index in [4.69, 9.17) is 9.15 Å². The molecule has 1 atom stereocenters. The highest BCUT2D eigenvalue weighted by molar-refractivity contribution is 6.08. The lowest BCUT2D eigenvalue weighted by Crippen LogP contribution is -2.52. The molecule has 1 aromatic carbocycles. The number of imide groups is 1. The van der Waals surface area contributed by atoms with Crippen LogP contribution in [-0.2, 0) is 16.9 Å². The van der Waals surface area contributed by atoms with Crippen molar-refractivity contribution in [1.29, 1.82) is 0 Å². The smallest absolute Gasteiger partial charge is 0.322 e. The number of hydrogen-bond donors (Lipinski definition) is 2. The molecule has 1 saturated heterocycles. The van der Waals surface area contributed by atoms with E-state index in [1.54, 1.807) is 18.2 Å². The van der Waals surface area contributed by atoms with Crippen molar-refractivity contribution in [2.75, 3.05) is 13.7 Å². The molecule has 0 spiro atoms. The standard InChI is InChI=1S/C20H15FN4O5/c1-29-12-3-2-10-8-25(17(26)13(10)6-12)9-20(18(27)23-19(28)24-20)15-4-11-5-16(21)22-7-14(11)30-15/h2-7H,8-9H2,1H3,(H2,23,24,27,28)/t20-/m0/s1. The van der Waals surface area contributed by atoms with Gasteiger partial charge in [0.2, 0.25) is 5.95 Å². The molecule has 2 aromatic heterocycles. The Balaban J connectivity index is 1.55. The summed E-state index contributed by atoms with van der Waals surface area (Å²) in [4.78, 5) is 42.8. The van der Waals surface area contributed by atoms with E-state index in [0.29, 0.717) is 16.7 Å². The number of carbonyl (C=O) groups excluding carboxylic acids is 3. The average molecular weight is 410 g/mol. The number of nitrogens with one attached hydrogen (secondary N) is 2. The minimum absolute atomic E-state index is 0.0783. The summed E-state index contributed by atoms with van der Waals surface area (Å²) in [5.74, 6) is -1.06. The molecule has 3 aromatic rings. The molecule has 152 valence electrons. The van der Waals surface area contributed by atoms with Gasteiger partial charge in [-0.2, -0.15) is 4.39 Å². The highest BCUT2D eigenvalue weighted by Crippen LogP contribution is 2.34. The van der Waals surface area contributed by atoms with Crippen molar-refractivity contribution in [3.63, 3.8) is 0 Å². The summed E-state index contributed by atoms with van der Waals surface area (Å²) in [5.41, 5.74) is -0.170. The number of urea groups is 1. The SMILES string of the molecule is COc1ccc2c(c1)C(=O)N(C[C@@]1(c3cc4cc(F)ncc4o3)NC(=O)NC1=O)C2. The van der Waals surface area contributed by atoms with E-state index in [0.717, 1.165) is 11.6 Å². The number of ether oxygens (including phenoxy) is 1. The van der Waals surface area contributed by atoms with Gasteiger partial charge in [-0.1, -0.05) is 6.07 Å². The van der Waals surface area contributed by atoms with Crippen molar-refractivity contribution in [2.24, 2.45) is 0 Å². The Labute approximate surface area is 168 Å². The maximum absolute atomic E-state index is 13.5. The summed E-state index contributed by atoms with van der Waals surface area (Å²) < 4.78 is 24.4. The number of amides is 4. The van der Waals surface area contributed by atoms with E-state index in [1.165, 1.54) is 24.3 Å². The van der Waals surface area contributed by atoms with Crippen LogP contribution >= 0.6 is 0 Å². The molecule has 1 fully saturated rings. The average Bonchev–Trinajstić information content (AvgIpc) is 3.36. The minimum atomic E-state index is -1.66. The number of benzene rings is 1. The first kappa shape index (κ1) is 18.1. The summed E-state index contributed by atoms with van der Waals surface area (Å²) in [7, 11) is 1.51. The second kappa shape index (κ2) is 6.28. The molecule has 0 aliphatic carbocycles. The number of halogens is 1. The number of aromatic nitrogens is 1. The zero-order chi connectivity index (χ0) is 21.0. The second-order valence-corrected chi connectivity index (χ2v) is 7.15. The molecule has 30 heavy (non-hydrogen) atoms. The summed E-state index contributed by atoms with van der Waals surface area (Å²) in [6, 6.07) is 7.07. The fourth-order valence-electron chi connectivity index (χ4n) is 3.86. The Kier molecular flexibility index (Phi) is 3.79.